The highest BCUT2D eigenvalue weighted by atomic mass is 35.5. The SMILES string of the molecule is CNC[C@@H](c1ccc(Cl)c(Cl)c1)[C@@H](OC)c1cccc(NS(=O)(=O)C(F)(F)F)c1. The summed E-state index contributed by atoms with van der Waals surface area (Å²) < 4.78 is 67.9. The summed E-state index contributed by atoms with van der Waals surface area (Å²) in [5.41, 5.74) is -4.36. The van der Waals surface area contributed by atoms with Crippen molar-refractivity contribution < 1.29 is 26.3 Å². The van der Waals surface area contributed by atoms with Gasteiger partial charge in [-0.25, -0.2) is 0 Å². The van der Waals surface area contributed by atoms with Crippen molar-refractivity contribution in [1.82, 2.24) is 5.32 Å². The van der Waals surface area contributed by atoms with Crippen LogP contribution in [0.5, 0.6) is 0 Å². The van der Waals surface area contributed by atoms with Crippen LogP contribution in [-0.4, -0.2) is 34.6 Å². The Morgan fingerprint density at radius 3 is 2.31 bits per heavy atom. The lowest BCUT2D eigenvalue weighted by atomic mass is 9.88. The second-order valence-corrected chi connectivity index (χ2v) is 8.66. The van der Waals surface area contributed by atoms with E-state index >= 15 is 0 Å². The number of hydrogen-bond acceptors (Lipinski definition) is 4. The van der Waals surface area contributed by atoms with Gasteiger partial charge in [0.2, 0.25) is 0 Å². The van der Waals surface area contributed by atoms with Crippen LogP contribution in [0.4, 0.5) is 18.9 Å². The minimum atomic E-state index is -5.53. The van der Waals surface area contributed by atoms with Crippen LogP contribution in [0.15, 0.2) is 42.5 Å². The molecule has 0 saturated heterocycles. The Hall–Kier alpha value is -1.52. The van der Waals surface area contributed by atoms with Gasteiger partial charge in [-0.15, -0.1) is 0 Å². The van der Waals surface area contributed by atoms with Crippen molar-refractivity contribution in [2.75, 3.05) is 25.4 Å². The number of sulfonamides is 1. The van der Waals surface area contributed by atoms with Crippen LogP contribution in [-0.2, 0) is 14.8 Å². The van der Waals surface area contributed by atoms with Crippen LogP contribution in [0.3, 0.4) is 0 Å². The van der Waals surface area contributed by atoms with Crippen LogP contribution in [0.2, 0.25) is 10.0 Å². The Morgan fingerprint density at radius 2 is 1.76 bits per heavy atom. The Balaban J connectivity index is 2.42. The van der Waals surface area contributed by atoms with Crippen LogP contribution >= 0.6 is 23.2 Å². The van der Waals surface area contributed by atoms with Crippen molar-refractivity contribution in [1.29, 1.82) is 0 Å². The Bertz CT molecular complexity index is 956. The number of likely N-dealkylation sites (N-methyl/N-ethyl adjacent to an activating group) is 1. The van der Waals surface area contributed by atoms with E-state index in [1.54, 1.807) is 36.0 Å². The van der Waals surface area contributed by atoms with Gasteiger partial charge in [-0.05, 0) is 42.4 Å². The molecule has 0 fully saturated rings. The Morgan fingerprint density at radius 1 is 1.07 bits per heavy atom. The molecule has 0 unspecified atom stereocenters. The number of ether oxygens (including phenoxy) is 1. The maximum atomic E-state index is 12.7. The molecule has 0 radical (unpaired) electrons. The molecule has 0 aliphatic heterocycles. The van der Waals surface area contributed by atoms with Crippen LogP contribution in [0.25, 0.3) is 0 Å². The zero-order chi connectivity index (χ0) is 21.8. The first-order valence-corrected chi connectivity index (χ1v) is 10.6. The highest BCUT2D eigenvalue weighted by Crippen LogP contribution is 2.37. The zero-order valence-corrected chi connectivity index (χ0v) is 17.8. The number of alkyl halides is 3. The molecule has 0 bridgehead atoms. The fourth-order valence-electron chi connectivity index (χ4n) is 2.89. The number of hydrogen-bond donors (Lipinski definition) is 2. The molecule has 2 N–H and O–H groups in total. The average molecular weight is 471 g/mol. The van der Waals surface area contributed by atoms with E-state index in [0.29, 0.717) is 22.2 Å². The van der Waals surface area contributed by atoms with E-state index in [0.717, 1.165) is 5.56 Å². The van der Waals surface area contributed by atoms with Gasteiger partial charge in [-0.2, -0.15) is 21.6 Å². The molecule has 0 aromatic heterocycles. The minimum Gasteiger partial charge on any atom is -0.376 e. The molecule has 0 aliphatic rings. The third-order valence-corrected chi connectivity index (χ3v) is 6.04. The van der Waals surface area contributed by atoms with E-state index in [-0.39, 0.29) is 11.6 Å². The fourth-order valence-corrected chi connectivity index (χ4v) is 3.75. The molecule has 2 aromatic rings. The van der Waals surface area contributed by atoms with E-state index < -0.39 is 21.6 Å². The summed E-state index contributed by atoms with van der Waals surface area (Å²) in [5.74, 6) is -0.283. The van der Waals surface area contributed by atoms with Crippen LogP contribution < -0.4 is 10.0 Å². The summed E-state index contributed by atoms with van der Waals surface area (Å²) in [6.07, 6.45) is -0.602. The fraction of sp³-hybridized carbons (Fsp3) is 0.333. The predicted octanol–water partition coefficient (Wildman–Crippen LogP) is 4.95. The first kappa shape index (κ1) is 23.8. The van der Waals surface area contributed by atoms with E-state index in [2.05, 4.69) is 5.32 Å². The molecule has 0 spiro atoms. The number of methoxy groups -OCH3 is 1. The minimum absolute atomic E-state index is 0.223. The molecular formula is C18H19Cl2F3N2O3S. The molecule has 29 heavy (non-hydrogen) atoms. The quantitative estimate of drug-likeness (QED) is 0.572. The van der Waals surface area contributed by atoms with Gasteiger partial charge in [0.15, 0.2) is 0 Å². The van der Waals surface area contributed by atoms with Crippen LogP contribution in [0.1, 0.15) is 23.1 Å². The third-order valence-electron chi connectivity index (χ3n) is 4.19. The van der Waals surface area contributed by atoms with E-state index in [9.17, 15) is 21.6 Å². The number of nitrogens with one attached hydrogen (secondary N) is 2. The third kappa shape index (κ3) is 5.76. The highest BCUT2D eigenvalue weighted by Gasteiger charge is 2.46. The first-order chi connectivity index (χ1) is 13.5. The molecule has 2 atom stereocenters. The topological polar surface area (TPSA) is 67.4 Å². The maximum absolute atomic E-state index is 12.7. The summed E-state index contributed by atoms with van der Waals surface area (Å²) in [4.78, 5) is 0. The molecule has 5 nitrogen and oxygen atoms in total. The molecule has 11 heteroatoms. The molecule has 2 aromatic carbocycles. The number of benzene rings is 2. The van der Waals surface area contributed by atoms with Crippen molar-refractivity contribution in [2.24, 2.45) is 0 Å². The molecular weight excluding hydrogens is 452 g/mol. The van der Waals surface area contributed by atoms with Gasteiger partial charge < -0.3 is 10.1 Å². The van der Waals surface area contributed by atoms with Gasteiger partial charge in [0.1, 0.15) is 0 Å². The van der Waals surface area contributed by atoms with Gasteiger partial charge in [0.05, 0.1) is 16.1 Å². The molecule has 160 valence electrons. The van der Waals surface area contributed by atoms with Gasteiger partial charge in [-0.3, -0.25) is 4.72 Å². The van der Waals surface area contributed by atoms with E-state index in [4.69, 9.17) is 27.9 Å². The number of anilines is 1. The molecule has 0 saturated carbocycles. The smallest absolute Gasteiger partial charge is 0.376 e. The van der Waals surface area contributed by atoms with Crippen molar-refractivity contribution >= 4 is 38.9 Å². The summed E-state index contributed by atoms with van der Waals surface area (Å²) in [7, 11) is -2.33. The first-order valence-electron chi connectivity index (χ1n) is 8.31. The summed E-state index contributed by atoms with van der Waals surface area (Å²) in [6.45, 7) is 0.453. The molecule has 2 rings (SSSR count). The number of halogens is 5. The Labute approximate surface area is 177 Å². The molecule has 0 heterocycles. The van der Waals surface area contributed by atoms with Crippen LogP contribution in [0, 0.1) is 0 Å². The van der Waals surface area contributed by atoms with Gasteiger partial charge in [-0.1, -0.05) is 41.4 Å². The van der Waals surface area contributed by atoms with E-state index in [1.807, 2.05) is 0 Å². The Kier molecular flexibility index (Phi) is 7.80. The highest BCUT2D eigenvalue weighted by molar-refractivity contribution is 7.93. The largest absolute Gasteiger partial charge is 0.516 e. The lowest BCUT2D eigenvalue weighted by Gasteiger charge is -2.27. The standard InChI is InChI=1S/C18H19Cl2F3N2O3S/c1-24-10-14(11-6-7-15(19)16(20)9-11)17(28-2)12-4-3-5-13(8-12)25-29(26,27)18(21,22)23/h3-9,14,17,24-25H,10H2,1-2H3/t14-,17-/m0/s1. The van der Waals surface area contributed by atoms with Gasteiger partial charge >= 0.3 is 15.5 Å². The number of rotatable bonds is 8. The lowest BCUT2D eigenvalue weighted by molar-refractivity contribution is -0.0429. The van der Waals surface area contributed by atoms with Crippen molar-refractivity contribution in [3.8, 4) is 0 Å². The predicted molar refractivity (Wildman–Crippen MR) is 108 cm³/mol. The van der Waals surface area contributed by atoms with E-state index in [1.165, 1.54) is 25.3 Å². The van der Waals surface area contributed by atoms with Crippen molar-refractivity contribution in [3.63, 3.8) is 0 Å². The summed E-state index contributed by atoms with van der Waals surface area (Å²) >= 11 is 12.1. The molecule has 0 aliphatic carbocycles. The monoisotopic (exact) mass is 470 g/mol. The zero-order valence-electron chi connectivity index (χ0n) is 15.4. The molecule has 0 amide bonds. The van der Waals surface area contributed by atoms with Crippen molar-refractivity contribution in [3.05, 3.63) is 63.6 Å². The average Bonchev–Trinajstić information content (AvgIpc) is 2.63. The van der Waals surface area contributed by atoms with Gasteiger partial charge in [0, 0.05) is 25.3 Å². The summed E-state index contributed by atoms with van der Waals surface area (Å²) in [5, 5.41) is 3.78. The normalized spacial score (nSPS) is 14.4. The van der Waals surface area contributed by atoms with Gasteiger partial charge in [0.25, 0.3) is 0 Å². The van der Waals surface area contributed by atoms with Crippen molar-refractivity contribution in [2.45, 2.75) is 17.5 Å². The lowest BCUT2D eigenvalue weighted by Crippen LogP contribution is -2.30. The maximum Gasteiger partial charge on any atom is 0.516 e. The summed E-state index contributed by atoms with van der Waals surface area (Å²) in [6, 6.07) is 10.7. The second-order valence-electron chi connectivity index (χ2n) is 6.17. The second kappa shape index (κ2) is 9.53.